The predicted octanol–water partition coefficient (Wildman–Crippen LogP) is 4.63. The van der Waals surface area contributed by atoms with Crippen molar-refractivity contribution < 1.29 is 9.53 Å². The minimum atomic E-state index is -0.569. The van der Waals surface area contributed by atoms with Gasteiger partial charge in [-0.3, -0.25) is 4.79 Å². The summed E-state index contributed by atoms with van der Waals surface area (Å²) in [7, 11) is 0. The molecule has 0 aromatic heterocycles. The van der Waals surface area contributed by atoms with Crippen LogP contribution in [0.25, 0.3) is 0 Å². The molecule has 0 aliphatic rings. The van der Waals surface area contributed by atoms with Crippen molar-refractivity contribution in [2.75, 3.05) is 0 Å². The Balaban J connectivity index is 2.01. The Morgan fingerprint density at radius 3 is 2.38 bits per heavy atom. The van der Waals surface area contributed by atoms with Crippen molar-refractivity contribution in [1.82, 2.24) is 5.32 Å². The molecular formula is C20H24ClNO2. The van der Waals surface area contributed by atoms with Crippen LogP contribution in [0.1, 0.15) is 32.8 Å². The molecule has 0 fully saturated rings. The Morgan fingerprint density at radius 1 is 1.12 bits per heavy atom. The first-order valence-electron chi connectivity index (χ1n) is 8.18. The zero-order chi connectivity index (χ0) is 17.6. The largest absolute Gasteiger partial charge is 0.479 e. The summed E-state index contributed by atoms with van der Waals surface area (Å²) in [6.07, 6.45) is 0.751. The molecule has 0 heterocycles. The monoisotopic (exact) mass is 345 g/mol. The molecule has 4 heteroatoms. The Hall–Kier alpha value is -2.00. The van der Waals surface area contributed by atoms with E-state index >= 15 is 0 Å². The van der Waals surface area contributed by atoms with Gasteiger partial charge in [0, 0.05) is 5.54 Å². The fourth-order valence-electron chi connectivity index (χ4n) is 2.58. The third-order valence-corrected chi connectivity index (χ3v) is 4.03. The number of carbonyl (C=O) groups excluding carboxylic acids is 1. The molecular weight excluding hydrogens is 322 g/mol. The van der Waals surface area contributed by atoms with Crippen LogP contribution in [-0.2, 0) is 11.2 Å². The standard InChI is InChI=1S/C20H24ClNO2/c1-4-17(24-18-13-9-8-12-16(18)21)19(23)22-20(2,3)14-15-10-6-5-7-11-15/h5-13,17H,4,14H2,1-3H3,(H,22,23). The Labute approximate surface area is 149 Å². The molecule has 3 nitrogen and oxygen atoms in total. The number of hydrogen-bond donors (Lipinski definition) is 1. The van der Waals surface area contributed by atoms with Crippen molar-refractivity contribution in [3.8, 4) is 5.75 Å². The van der Waals surface area contributed by atoms with Crippen LogP contribution >= 0.6 is 11.6 Å². The van der Waals surface area contributed by atoms with Crippen LogP contribution in [0, 0.1) is 0 Å². The summed E-state index contributed by atoms with van der Waals surface area (Å²) in [6, 6.07) is 17.3. The van der Waals surface area contributed by atoms with Gasteiger partial charge in [-0.1, -0.05) is 61.0 Å². The molecule has 1 N–H and O–H groups in total. The number of amides is 1. The van der Waals surface area contributed by atoms with E-state index in [1.807, 2.05) is 51.1 Å². The molecule has 2 aromatic rings. The minimum Gasteiger partial charge on any atom is -0.479 e. The number of ether oxygens (including phenoxy) is 1. The minimum absolute atomic E-state index is 0.127. The molecule has 2 rings (SSSR count). The zero-order valence-corrected chi connectivity index (χ0v) is 15.1. The predicted molar refractivity (Wildman–Crippen MR) is 98.5 cm³/mol. The highest BCUT2D eigenvalue weighted by Crippen LogP contribution is 2.25. The second-order valence-corrected chi connectivity index (χ2v) is 6.89. The number of benzene rings is 2. The highest BCUT2D eigenvalue weighted by atomic mass is 35.5. The van der Waals surface area contributed by atoms with Crippen molar-refractivity contribution in [2.45, 2.75) is 45.3 Å². The number of para-hydroxylation sites is 1. The third-order valence-electron chi connectivity index (χ3n) is 3.72. The maximum absolute atomic E-state index is 12.6. The van der Waals surface area contributed by atoms with E-state index < -0.39 is 6.10 Å². The molecule has 128 valence electrons. The zero-order valence-electron chi connectivity index (χ0n) is 14.4. The summed E-state index contributed by atoms with van der Waals surface area (Å²) >= 11 is 6.11. The molecule has 0 aliphatic heterocycles. The van der Waals surface area contributed by atoms with Gasteiger partial charge in [0.1, 0.15) is 5.75 Å². The average molecular weight is 346 g/mol. The van der Waals surface area contributed by atoms with E-state index in [0.29, 0.717) is 17.2 Å². The van der Waals surface area contributed by atoms with Crippen LogP contribution in [0.5, 0.6) is 5.75 Å². The fraction of sp³-hybridized carbons (Fsp3) is 0.350. The van der Waals surface area contributed by atoms with Crippen molar-refractivity contribution in [3.63, 3.8) is 0 Å². The summed E-state index contributed by atoms with van der Waals surface area (Å²) < 4.78 is 5.81. The molecule has 24 heavy (non-hydrogen) atoms. The van der Waals surface area contributed by atoms with Gasteiger partial charge in [-0.15, -0.1) is 0 Å². The Kier molecular flexibility index (Phi) is 6.27. The summed E-state index contributed by atoms with van der Waals surface area (Å²) in [6.45, 7) is 5.95. The first-order chi connectivity index (χ1) is 11.4. The van der Waals surface area contributed by atoms with E-state index in [0.717, 1.165) is 6.42 Å². The van der Waals surface area contributed by atoms with E-state index in [1.165, 1.54) is 5.56 Å². The van der Waals surface area contributed by atoms with Crippen molar-refractivity contribution in [1.29, 1.82) is 0 Å². The number of hydrogen-bond acceptors (Lipinski definition) is 2. The van der Waals surface area contributed by atoms with Crippen LogP contribution in [0.15, 0.2) is 54.6 Å². The van der Waals surface area contributed by atoms with Gasteiger partial charge in [0.2, 0.25) is 0 Å². The highest BCUT2D eigenvalue weighted by Gasteiger charge is 2.26. The molecule has 1 atom stereocenters. The lowest BCUT2D eigenvalue weighted by atomic mass is 9.94. The number of nitrogens with one attached hydrogen (secondary N) is 1. The van der Waals surface area contributed by atoms with Gasteiger partial charge in [-0.2, -0.15) is 0 Å². The van der Waals surface area contributed by atoms with E-state index in [4.69, 9.17) is 16.3 Å². The van der Waals surface area contributed by atoms with Gasteiger partial charge in [-0.05, 0) is 44.4 Å². The first-order valence-corrected chi connectivity index (χ1v) is 8.56. The van der Waals surface area contributed by atoms with E-state index in [2.05, 4.69) is 17.4 Å². The van der Waals surface area contributed by atoms with E-state index in [-0.39, 0.29) is 11.4 Å². The summed E-state index contributed by atoms with van der Waals surface area (Å²) in [5, 5.41) is 3.60. The summed E-state index contributed by atoms with van der Waals surface area (Å²) in [5.41, 5.74) is 0.818. The van der Waals surface area contributed by atoms with Gasteiger partial charge in [0.25, 0.3) is 5.91 Å². The normalized spacial score (nSPS) is 12.5. The average Bonchev–Trinajstić information content (AvgIpc) is 2.54. The molecule has 0 bridgehead atoms. The van der Waals surface area contributed by atoms with Crippen LogP contribution in [0.3, 0.4) is 0 Å². The summed E-state index contributed by atoms with van der Waals surface area (Å²) in [5.74, 6) is 0.403. The maximum atomic E-state index is 12.6. The molecule has 0 aliphatic carbocycles. The molecule has 0 saturated carbocycles. The van der Waals surface area contributed by atoms with Crippen molar-refractivity contribution in [3.05, 3.63) is 65.2 Å². The first kappa shape index (κ1) is 18.3. The fourth-order valence-corrected chi connectivity index (χ4v) is 2.76. The lowest BCUT2D eigenvalue weighted by Gasteiger charge is -2.29. The van der Waals surface area contributed by atoms with Crippen molar-refractivity contribution >= 4 is 17.5 Å². The summed E-state index contributed by atoms with van der Waals surface area (Å²) in [4.78, 5) is 12.6. The van der Waals surface area contributed by atoms with Gasteiger partial charge >= 0.3 is 0 Å². The van der Waals surface area contributed by atoms with Crippen molar-refractivity contribution in [2.24, 2.45) is 0 Å². The molecule has 0 spiro atoms. The second kappa shape index (κ2) is 8.20. The van der Waals surface area contributed by atoms with Gasteiger partial charge in [-0.25, -0.2) is 0 Å². The highest BCUT2D eigenvalue weighted by molar-refractivity contribution is 6.32. The molecule has 1 unspecified atom stereocenters. The lowest BCUT2D eigenvalue weighted by Crippen LogP contribution is -2.50. The SMILES string of the molecule is CCC(Oc1ccccc1Cl)C(=O)NC(C)(C)Cc1ccccc1. The van der Waals surface area contributed by atoms with Crippen LogP contribution < -0.4 is 10.1 Å². The Bertz CT molecular complexity index is 670. The third kappa shape index (κ3) is 5.27. The number of halogens is 1. The smallest absolute Gasteiger partial charge is 0.261 e. The molecule has 1 amide bonds. The maximum Gasteiger partial charge on any atom is 0.261 e. The molecule has 2 aromatic carbocycles. The van der Waals surface area contributed by atoms with E-state index in [1.54, 1.807) is 12.1 Å². The topological polar surface area (TPSA) is 38.3 Å². The second-order valence-electron chi connectivity index (χ2n) is 6.48. The van der Waals surface area contributed by atoms with Gasteiger partial charge in [0.15, 0.2) is 6.10 Å². The van der Waals surface area contributed by atoms with Crippen LogP contribution in [0.2, 0.25) is 5.02 Å². The number of rotatable bonds is 7. The lowest BCUT2D eigenvalue weighted by molar-refractivity contribution is -0.129. The van der Waals surface area contributed by atoms with E-state index in [9.17, 15) is 4.79 Å². The van der Waals surface area contributed by atoms with Crippen LogP contribution in [-0.4, -0.2) is 17.6 Å². The Morgan fingerprint density at radius 2 is 1.75 bits per heavy atom. The molecule has 0 saturated heterocycles. The van der Waals surface area contributed by atoms with Crippen LogP contribution in [0.4, 0.5) is 0 Å². The van der Waals surface area contributed by atoms with Gasteiger partial charge < -0.3 is 10.1 Å². The quantitative estimate of drug-likeness (QED) is 0.794. The number of carbonyl (C=O) groups is 1. The van der Waals surface area contributed by atoms with Gasteiger partial charge in [0.05, 0.1) is 5.02 Å². The molecule has 0 radical (unpaired) electrons.